The van der Waals surface area contributed by atoms with E-state index < -0.39 is 27.0 Å². The molecule has 250 valence electrons. The first kappa shape index (κ1) is 36.4. The van der Waals surface area contributed by atoms with Crippen molar-refractivity contribution in [2.24, 2.45) is 0 Å². The van der Waals surface area contributed by atoms with E-state index in [1.807, 2.05) is 6.07 Å². The standard InChI is InChI=1S/C32H46N2O10S/c1-2-3-4-5-6-7-8-9-10-26-11-16-31(44-25-28-24-42-20-19-40-17-18-41-21-22-43-28)30(23-26)32(35)33-45(38,39)29-14-12-27(13-15-29)34(36)37/h11-16,23,28H,2-10,17-22,24-25H2,1H3,(H,33,35). The highest BCUT2D eigenvalue weighted by atomic mass is 32.2. The molecule has 13 heteroatoms. The van der Waals surface area contributed by atoms with Crippen molar-refractivity contribution >= 4 is 21.6 Å². The van der Waals surface area contributed by atoms with Gasteiger partial charge in [-0.25, -0.2) is 13.1 Å². The Morgan fingerprint density at radius 3 is 2.18 bits per heavy atom. The predicted octanol–water partition coefficient (Wildman–Crippen LogP) is 5.22. The van der Waals surface area contributed by atoms with Gasteiger partial charge in [0.05, 0.1) is 61.6 Å². The second-order valence-electron chi connectivity index (χ2n) is 10.8. The van der Waals surface area contributed by atoms with Crippen LogP contribution in [0.2, 0.25) is 0 Å². The fourth-order valence-corrected chi connectivity index (χ4v) is 5.70. The summed E-state index contributed by atoms with van der Waals surface area (Å²) in [5, 5.41) is 11.0. The number of aryl methyl sites for hydroxylation is 1. The lowest BCUT2D eigenvalue weighted by atomic mass is 10.0. The zero-order chi connectivity index (χ0) is 32.3. The lowest BCUT2D eigenvalue weighted by Gasteiger charge is -2.21. The SMILES string of the molecule is CCCCCCCCCCc1ccc(OCC2COCCOCCOCCO2)c(C(=O)NS(=O)(=O)c2ccc([N+](=O)[O-])cc2)c1. The summed E-state index contributed by atoms with van der Waals surface area (Å²) in [6, 6.07) is 9.50. The molecule has 1 saturated heterocycles. The maximum Gasteiger partial charge on any atom is 0.269 e. The Morgan fingerprint density at radius 2 is 1.51 bits per heavy atom. The van der Waals surface area contributed by atoms with E-state index in [1.54, 1.807) is 12.1 Å². The highest BCUT2D eigenvalue weighted by molar-refractivity contribution is 7.90. The van der Waals surface area contributed by atoms with E-state index in [4.69, 9.17) is 23.7 Å². The Kier molecular flexibility index (Phi) is 16.3. The van der Waals surface area contributed by atoms with Crippen molar-refractivity contribution in [2.75, 3.05) is 52.9 Å². The van der Waals surface area contributed by atoms with E-state index in [2.05, 4.69) is 11.6 Å². The number of ether oxygens (including phenoxy) is 5. The van der Waals surface area contributed by atoms with Crippen LogP contribution >= 0.6 is 0 Å². The van der Waals surface area contributed by atoms with E-state index in [1.165, 1.54) is 32.1 Å². The number of nitro benzene ring substituents is 1. The highest BCUT2D eigenvalue weighted by Gasteiger charge is 2.23. The average molecular weight is 651 g/mol. The summed E-state index contributed by atoms with van der Waals surface area (Å²) in [6.45, 7) is 4.91. The molecular weight excluding hydrogens is 604 g/mol. The molecule has 0 spiro atoms. The molecule has 1 amide bonds. The number of nitro groups is 1. The number of non-ortho nitro benzene ring substituents is 1. The van der Waals surface area contributed by atoms with Crippen molar-refractivity contribution in [3.63, 3.8) is 0 Å². The molecule has 3 rings (SSSR count). The van der Waals surface area contributed by atoms with Crippen LogP contribution in [0.1, 0.15) is 74.2 Å². The van der Waals surface area contributed by atoms with Crippen LogP contribution in [0, 0.1) is 10.1 Å². The number of hydrogen-bond acceptors (Lipinski definition) is 10. The van der Waals surface area contributed by atoms with Gasteiger partial charge in [-0.2, -0.15) is 0 Å². The van der Waals surface area contributed by atoms with Gasteiger partial charge < -0.3 is 23.7 Å². The Morgan fingerprint density at radius 1 is 0.889 bits per heavy atom. The van der Waals surface area contributed by atoms with E-state index in [0.29, 0.717) is 39.6 Å². The number of benzene rings is 2. The van der Waals surface area contributed by atoms with Crippen LogP contribution in [-0.2, 0) is 35.4 Å². The number of amides is 1. The van der Waals surface area contributed by atoms with Crippen LogP contribution in [0.25, 0.3) is 0 Å². The summed E-state index contributed by atoms with van der Waals surface area (Å²) in [5.41, 5.74) is 0.680. The predicted molar refractivity (Wildman–Crippen MR) is 168 cm³/mol. The van der Waals surface area contributed by atoms with Gasteiger partial charge in [0.2, 0.25) is 0 Å². The first-order valence-corrected chi connectivity index (χ1v) is 17.2. The van der Waals surface area contributed by atoms with Gasteiger partial charge in [-0.3, -0.25) is 14.9 Å². The molecule has 1 N–H and O–H groups in total. The summed E-state index contributed by atoms with van der Waals surface area (Å²) in [4.78, 5) is 23.5. The third kappa shape index (κ3) is 13.4. The van der Waals surface area contributed by atoms with E-state index >= 15 is 0 Å². The second kappa shape index (κ2) is 20.1. The average Bonchev–Trinajstić information content (AvgIpc) is 3.02. The number of carbonyl (C=O) groups excluding carboxylic acids is 1. The van der Waals surface area contributed by atoms with Gasteiger partial charge in [-0.05, 0) is 42.7 Å². The zero-order valence-electron chi connectivity index (χ0n) is 26.1. The molecule has 1 fully saturated rings. The van der Waals surface area contributed by atoms with Gasteiger partial charge in [0, 0.05) is 12.1 Å². The number of unbranched alkanes of at least 4 members (excludes halogenated alkanes) is 7. The fraction of sp³-hybridized carbons (Fsp3) is 0.594. The van der Waals surface area contributed by atoms with Gasteiger partial charge >= 0.3 is 0 Å². The summed E-state index contributed by atoms with van der Waals surface area (Å²) in [6.07, 6.45) is 9.60. The molecule has 0 aromatic heterocycles. The van der Waals surface area contributed by atoms with Crippen molar-refractivity contribution in [2.45, 2.75) is 75.7 Å². The Labute approximate surface area is 265 Å². The molecule has 1 unspecified atom stereocenters. The van der Waals surface area contributed by atoms with Crippen molar-refractivity contribution in [1.82, 2.24) is 4.72 Å². The molecule has 0 aliphatic carbocycles. The Hall–Kier alpha value is -3.10. The van der Waals surface area contributed by atoms with Gasteiger partial charge in [0.25, 0.3) is 21.6 Å². The number of carbonyl (C=O) groups is 1. The van der Waals surface area contributed by atoms with Crippen LogP contribution < -0.4 is 9.46 Å². The highest BCUT2D eigenvalue weighted by Crippen LogP contribution is 2.24. The topological polar surface area (TPSA) is 153 Å². The summed E-state index contributed by atoms with van der Waals surface area (Å²) in [7, 11) is -4.32. The minimum absolute atomic E-state index is 0.0492. The van der Waals surface area contributed by atoms with Gasteiger partial charge in [0.1, 0.15) is 18.5 Å². The lowest BCUT2D eigenvalue weighted by Crippen LogP contribution is -2.32. The van der Waals surface area contributed by atoms with Crippen LogP contribution in [0.3, 0.4) is 0 Å². The summed E-state index contributed by atoms with van der Waals surface area (Å²) < 4.78 is 56.6. The minimum Gasteiger partial charge on any atom is -0.490 e. The monoisotopic (exact) mass is 650 g/mol. The largest absolute Gasteiger partial charge is 0.490 e. The minimum atomic E-state index is -4.32. The first-order chi connectivity index (χ1) is 21.8. The van der Waals surface area contributed by atoms with E-state index in [-0.39, 0.29) is 35.1 Å². The van der Waals surface area contributed by atoms with Crippen LogP contribution in [0.4, 0.5) is 5.69 Å². The molecular formula is C32H46N2O10S. The smallest absolute Gasteiger partial charge is 0.269 e. The molecule has 1 aliphatic rings. The van der Waals surface area contributed by atoms with Crippen molar-refractivity contribution in [3.05, 3.63) is 63.7 Å². The number of sulfonamides is 1. The number of nitrogens with zero attached hydrogens (tertiary/aromatic N) is 1. The van der Waals surface area contributed by atoms with Crippen LogP contribution in [0.5, 0.6) is 5.75 Å². The fourth-order valence-electron chi connectivity index (χ4n) is 4.74. The van der Waals surface area contributed by atoms with Crippen molar-refractivity contribution < 1.29 is 41.8 Å². The van der Waals surface area contributed by atoms with E-state index in [0.717, 1.165) is 55.5 Å². The summed E-state index contributed by atoms with van der Waals surface area (Å²) >= 11 is 0. The molecule has 0 bridgehead atoms. The quantitative estimate of drug-likeness (QED) is 0.145. The van der Waals surface area contributed by atoms with Gasteiger partial charge in [-0.1, -0.05) is 57.9 Å². The molecule has 45 heavy (non-hydrogen) atoms. The Bertz CT molecular complexity index is 1280. The normalized spacial score (nSPS) is 16.7. The van der Waals surface area contributed by atoms with Crippen LogP contribution in [-0.4, -0.2) is 78.2 Å². The summed E-state index contributed by atoms with van der Waals surface area (Å²) in [5.74, 6) is -0.678. The number of nitrogens with one attached hydrogen (secondary N) is 1. The zero-order valence-corrected chi connectivity index (χ0v) is 26.9. The van der Waals surface area contributed by atoms with Crippen LogP contribution in [0.15, 0.2) is 47.4 Å². The molecule has 1 atom stereocenters. The molecule has 12 nitrogen and oxygen atoms in total. The second-order valence-corrected chi connectivity index (χ2v) is 12.5. The number of rotatable bonds is 16. The Balaban J connectivity index is 1.71. The molecule has 0 radical (unpaired) electrons. The molecule has 0 saturated carbocycles. The number of hydrogen-bond donors (Lipinski definition) is 1. The maximum atomic E-state index is 13.4. The van der Waals surface area contributed by atoms with Crippen molar-refractivity contribution in [1.29, 1.82) is 0 Å². The molecule has 2 aromatic carbocycles. The third-order valence-corrected chi connectivity index (χ3v) is 8.59. The third-order valence-electron chi connectivity index (χ3n) is 7.25. The molecule has 1 aliphatic heterocycles. The first-order valence-electron chi connectivity index (χ1n) is 15.7. The van der Waals surface area contributed by atoms with Crippen molar-refractivity contribution in [3.8, 4) is 5.75 Å². The molecule has 2 aromatic rings. The van der Waals surface area contributed by atoms with Gasteiger partial charge in [0.15, 0.2) is 0 Å². The molecule has 1 heterocycles. The lowest BCUT2D eigenvalue weighted by molar-refractivity contribution is -0.384. The van der Waals surface area contributed by atoms with E-state index in [9.17, 15) is 23.3 Å². The maximum absolute atomic E-state index is 13.4. The van der Waals surface area contributed by atoms with Gasteiger partial charge in [-0.15, -0.1) is 0 Å².